The number of halogens is 1. The average molecular weight is 332 g/mol. The van der Waals surface area contributed by atoms with Crippen molar-refractivity contribution in [3.05, 3.63) is 39.3 Å². The molecular formula is C12H14ClN3O2S2. The fraction of sp³-hybridized carbons (Fsp3) is 0.250. The number of hydrogen-bond acceptors (Lipinski definition) is 5. The molecule has 108 valence electrons. The molecule has 0 fully saturated rings. The van der Waals surface area contributed by atoms with Crippen molar-refractivity contribution in [2.45, 2.75) is 18.4 Å². The molecule has 2 aromatic rings. The number of aromatic nitrogens is 1. The fourth-order valence-electron chi connectivity index (χ4n) is 1.66. The second kappa shape index (κ2) is 6.09. The van der Waals surface area contributed by atoms with Crippen LogP contribution in [0.25, 0.3) is 0 Å². The highest BCUT2D eigenvalue weighted by Gasteiger charge is 2.15. The van der Waals surface area contributed by atoms with Crippen LogP contribution in [0.15, 0.2) is 29.3 Å². The second-order valence-electron chi connectivity index (χ2n) is 4.10. The van der Waals surface area contributed by atoms with Gasteiger partial charge in [0, 0.05) is 5.69 Å². The predicted molar refractivity (Wildman–Crippen MR) is 81.9 cm³/mol. The van der Waals surface area contributed by atoms with E-state index in [0.29, 0.717) is 16.4 Å². The number of sulfonamides is 1. The normalized spacial score (nSPS) is 11.6. The summed E-state index contributed by atoms with van der Waals surface area (Å²) < 4.78 is 26.7. The van der Waals surface area contributed by atoms with Gasteiger partial charge in [0.05, 0.1) is 17.6 Å². The van der Waals surface area contributed by atoms with Gasteiger partial charge in [-0.1, -0.05) is 17.7 Å². The first-order valence-corrected chi connectivity index (χ1v) is 8.48. The molecule has 0 amide bonds. The quantitative estimate of drug-likeness (QED) is 0.883. The molecule has 0 spiro atoms. The zero-order chi connectivity index (χ0) is 14.8. The molecule has 0 unspecified atom stereocenters. The highest BCUT2D eigenvalue weighted by Crippen LogP contribution is 2.22. The predicted octanol–water partition coefficient (Wildman–Crippen LogP) is 2.63. The van der Waals surface area contributed by atoms with Crippen molar-refractivity contribution in [1.29, 1.82) is 0 Å². The van der Waals surface area contributed by atoms with Gasteiger partial charge in [0.1, 0.15) is 9.34 Å². The van der Waals surface area contributed by atoms with Crippen molar-refractivity contribution in [2.75, 3.05) is 12.4 Å². The van der Waals surface area contributed by atoms with Crippen LogP contribution in [0.4, 0.5) is 5.69 Å². The van der Waals surface area contributed by atoms with Gasteiger partial charge in [0.25, 0.3) is 0 Å². The van der Waals surface area contributed by atoms with Crippen molar-refractivity contribution in [2.24, 2.45) is 0 Å². The monoisotopic (exact) mass is 331 g/mol. The van der Waals surface area contributed by atoms with Gasteiger partial charge >= 0.3 is 0 Å². The van der Waals surface area contributed by atoms with E-state index >= 15 is 0 Å². The van der Waals surface area contributed by atoms with Gasteiger partial charge < -0.3 is 5.32 Å². The molecule has 2 rings (SSSR count). The molecule has 0 bridgehead atoms. The minimum absolute atomic E-state index is 0.266. The Morgan fingerprint density at radius 2 is 2.15 bits per heavy atom. The Kier molecular flexibility index (Phi) is 4.64. The van der Waals surface area contributed by atoms with Crippen molar-refractivity contribution in [3.63, 3.8) is 0 Å². The number of rotatable bonds is 5. The number of thiazole rings is 1. The third-order valence-corrected chi connectivity index (χ3v) is 5.39. The molecule has 8 heteroatoms. The van der Waals surface area contributed by atoms with Crippen LogP contribution >= 0.6 is 22.9 Å². The van der Waals surface area contributed by atoms with E-state index in [0.717, 1.165) is 10.7 Å². The number of aryl methyl sites for hydroxylation is 1. The number of anilines is 1. The summed E-state index contributed by atoms with van der Waals surface area (Å²) in [5, 5.41) is 3.98. The molecule has 1 heterocycles. The lowest BCUT2D eigenvalue weighted by atomic mass is 10.2. The Labute approximate surface area is 127 Å². The Morgan fingerprint density at radius 1 is 1.40 bits per heavy atom. The van der Waals surface area contributed by atoms with Crippen LogP contribution in [-0.2, 0) is 16.6 Å². The molecule has 0 saturated carbocycles. The van der Waals surface area contributed by atoms with Crippen molar-refractivity contribution >= 4 is 38.6 Å². The van der Waals surface area contributed by atoms with Crippen LogP contribution in [0, 0.1) is 6.92 Å². The van der Waals surface area contributed by atoms with Crippen LogP contribution < -0.4 is 10.0 Å². The van der Waals surface area contributed by atoms with Crippen molar-refractivity contribution < 1.29 is 8.42 Å². The molecule has 0 atom stereocenters. The van der Waals surface area contributed by atoms with E-state index in [-0.39, 0.29) is 4.90 Å². The van der Waals surface area contributed by atoms with Gasteiger partial charge in [0.2, 0.25) is 10.0 Å². The number of nitrogens with zero attached hydrogens (tertiary/aromatic N) is 1. The summed E-state index contributed by atoms with van der Waals surface area (Å²) in [7, 11) is -2.06. The summed E-state index contributed by atoms with van der Waals surface area (Å²) >= 11 is 7.19. The maximum atomic E-state index is 11.9. The third-order valence-electron chi connectivity index (χ3n) is 2.72. The SMILES string of the molecule is CNS(=O)(=O)c1cc(NCc2ncc(Cl)s2)ccc1C. The molecule has 1 aromatic carbocycles. The minimum Gasteiger partial charge on any atom is -0.378 e. The molecule has 0 aliphatic heterocycles. The zero-order valence-corrected chi connectivity index (χ0v) is 13.4. The zero-order valence-electron chi connectivity index (χ0n) is 11.0. The summed E-state index contributed by atoms with van der Waals surface area (Å²) in [4.78, 5) is 4.40. The summed E-state index contributed by atoms with van der Waals surface area (Å²) in [6.45, 7) is 2.26. The molecule has 1 aromatic heterocycles. The van der Waals surface area contributed by atoms with Crippen molar-refractivity contribution in [3.8, 4) is 0 Å². The first-order chi connectivity index (χ1) is 9.42. The maximum Gasteiger partial charge on any atom is 0.240 e. The van der Waals surface area contributed by atoms with E-state index < -0.39 is 10.0 Å². The minimum atomic E-state index is -3.45. The highest BCUT2D eigenvalue weighted by atomic mass is 35.5. The molecule has 20 heavy (non-hydrogen) atoms. The Bertz CT molecular complexity index is 713. The fourth-order valence-corrected chi connectivity index (χ4v) is 3.55. The summed E-state index contributed by atoms with van der Waals surface area (Å²) in [5.74, 6) is 0. The number of nitrogens with one attached hydrogen (secondary N) is 2. The summed E-state index contributed by atoms with van der Waals surface area (Å²) in [6, 6.07) is 5.21. The van der Waals surface area contributed by atoms with Crippen LogP contribution in [0.1, 0.15) is 10.6 Å². The highest BCUT2D eigenvalue weighted by molar-refractivity contribution is 7.89. The van der Waals surface area contributed by atoms with E-state index in [1.165, 1.54) is 18.4 Å². The molecule has 0 saturated heterocycles. The van der Waals surface area contributed by atoms with Gasteiger partial charge in [0.15, 0.2) is 0 Å². The van der Waals surface area contributed by atoms with Crippen molar-refractivity contribution in [1.82, 2.24) is 9.71 Å². The van der Waals surface area contributed by atoms with Crippen LogP contribution in [-0.4, -0.2) is 20.4 Å². The lowest BCUT2D eigenvalue weighted by Gasteiger charge is -2.10. The molecule has 5 nitrogen and oxygen atoms in total. The molecule has 2 N–H and O–H groups in total. The third kappa shape index (κ3) is 3.49. The lowest BCUT2D eigenvalue weighted by molar-refractivity contribution is 0.587. The molecule has 0 aliphatic carbocycles. The van der Waals surface area contributed by atoms with Crippen LogP contribution in [0.3, 0.4) is 0 Å². The number of hydrogen-bond donors (Lipinski definition) is 2. The summed E-state index contributed by atoms with van der Waals surface area (Å²) in [5.41, 5.74) is 1.41. The average Bonchev–Trinajstić information content (AvgIpc) is 2.83. The molecular weight excluding hydrogens is 318 g/mol. The smallest absolute Gasteiger partial charge is 0.240 e. The maximum absolute atomic E-state index is 11.9. The Hall–Kier alpha value is -1.15. The van der Waals surface area contributed by atoms with E-state index in [9.17, 15) is 8.42 Å². The van der Waals surface area contributed by atoms with E-state index in [1.54, 1.807) is 25.3 Å². The Morgan fingerprint density at radius 3 is 2.75 bits per heavy atom. The van der Waals surface area contributed by atoms with Gasteiger partial charge in [-0.15, -0.1) is 11.3 Å². The van der Waals surface area contributed by atoms with E-state index in [2.05, 4.69) is 15.0 Å². The van der Waals surface area contributed by atoms with Gasteiger partial charge in [-0.2, -0.15) is 0 Å². The first-order valence-electron chi connectivity index (χ1n) is 5.80. The molecule has 0 aliphatic rings. The Balaban J connectivity index is 2.19. The van der Waals surface area contributed by atoms with Crippen LogP contribution in [0.5, 0.6) is 0 Å². The summed E-state index contributed by atoms with van der Waals surface area (Å²) in [6.07, 6.45) is 1.59. The van der Waals surface area contributed by atoms with Crippen LogP contribution in [0.2, 0.25) is 4.34 Å². The molecule has 0 radical (unpaired) electrons. The van der Waals surface area contributed by atoms with E-state index in [4.69, 9.17) is 11.6 Å². The van der Waals surface area contributed by atoms with Gasteiger partial charge in [-0.3, -0.25) is 0 Å². The van der Waals surface area contributed by atoms with Gasteiger partial charge in [-0.25, -0.2) is 18.1 Å². The van der Waals surface area contributed by atoms with Gasteiger partial charge in [-0.05, 0) is 31.7 Å². The topological polar surface area (TPSA) is 71.1 Å². The number of benzene rings is 1. The lowest BCUT2D eigenvalue weighted by Crippen LogP contribution is -2.19. The second-order valence-corrected chi connectivity index (χ2v) is 7.70. The first kappa shape index (κ1) is 15.2. The standard InChI is InChI=1S/C12H14ClN3O2S2/c1-8-3-4-9(5-10(8)20(17,18)14-2)15-7-12-16-6-11(13)19-12/h3-6,14-15H,7H2,1-2H3. The largest absolute Gasteiger partial charge is 0.378 e. The van der Waals surface area contributed by atoms with E-state index in [1.807, 2.05) is 6.07 Å².